The van der Waals surface area contributed by atoms with E-state index in [9.17, 15) is 0 Å². The molecule has 20 heavy (non-hydrogen) atoms. The Labute approximate surface area is 120 Å². The molecule has 1 N–H and O–H groups in total. The van der Waals surface area contributed by atoms with Crippen molar-refractivity contribution in [2.45, 2.75) is 44.8 Å². The molecule has 0 saturated heterocycles. The van der Waals surface area contributed by atoms with Gasteiger partial charge in [-0.3, -0.25) is 0 Å². The molecule has 2 aliphatic heterocycles. The zero-order chi connectivity index (χ0) is 14.2. The van der Waals surface area contributed by atoms with Gasteiger partial charge in [0.05, 0.1) is 0 Å². The SMILES string of the molecule is CCC1(CC)CC(NC)c2cc3c(cc2O1)OCCO3. The summed E-state index contributed by atoms with van der Waals surface area (Å²) in [6.07, 6.45) is 3.01. The molecule has 0 bridgehead atoms. The molecule has 1 unspecified atom stereocenters. The van der Waals surface area contributed by atoms with Crippen LogP contribution in [-0.4, -0.2) is 25.9 Å². The quantitative estimate of drug-likeness (QED) is 0.921. The first-order valence-corrected chi connectivity index (χ1v) is 7.51. The van der Waals surface area contributed by atoms with Gasteiger partial charge in [0.25, 0.3) is 0 Å². The number of nitrogens with one attached hydrogen (secondary N) is 1. The Balaban J connectivity index is 2.04. The smallest absolute Gasteiger partial charge is 0.165 e. The lowest BCUT2D eigenvalue weighted by Gasteiger charge is -2.42. The van der Waals surface area contributed by atoms with Crippen molar-refractivity contribution in [1.82, 2.24) is 5.32 Å². The third-order valence-corrected chi connectivity index (χ3v) is 4.59. The van der Waals surface area contributed by atoms with Crippen LogP contribution in [0.15, 0.2) is 12.1 Å². The normalized spacial score (nSPS) is 22.9. The number of benzene rings is 1. The predicted molar refractivity (Wildman–Crippen MR) is 77.8 cm³/mol. The standard InChI is InChI=1S/C16H23NO3/c1-4-16(5-2)10-12(17-3)11-8-14-15(9-13(11)20-16)19-7-6-18-14/h8-9,12,17H,4-7,10H2,1-3H3. The van der Waals surface area contributed by atoms with Gasteiger partial charge in [-0.1, -0.05) is 13.8 Å². The van der Waals surface area contributed by atoms with Crippen LogP contribution in [0.5, 0.6) is 17.2 Å². The Morgan fingerprint density at radius 3 is 2.35 bits per heavy atom. The molecule has 0 aromatic heterocycles. The van der Waals surface area contributed by atoms with E-state index in [1.54, 1.807) is 0 Å². The van der Waals surface area contributed by atoms with Crippen LogP contribution in [-0.2, 0) is 0 Å². The molecule has 0 radical (unpaired) electrons. The summed E-state index contributed by atoms with van der Waals surface area (Å²) < 4.78 is 17.7. The van der Waals surface area contributed by atoms with Gasteiger partial charge in [-0.05, 0) is 26.0 Å². The molecule has 4 heteroatoms. The number of rotatable bonds is 3. The van der Waals surface area contributed by atoms with Crippen LogP contribution in [0.4, 0.5) is 0 Å². The molecule has 1 atom stereocenters. The van der Waals surface area contributed by atoms with Crippen molar-refractivity contribution in [2.24, 2.45) is 0 Å². The van der Waals surface area contributed by atoms with Crippen LogP contribution in [0, 0.1) is 0 Å². The molecule has 2 aliphatic rings. The Hall–Kier alpha value is -1.42. The summed E-state index contributed by atoms with van der Waals surface area (Å²) in [4.78, 5) is 0. The van der Waals surface area contributed by atoms with Gasteiger partial charge in [0, 0.05) is 24.1 Å². The molecule has 1 aromatic carbocycles. The number of hydrogen-bond donors (Lipinski definition) is 1. The summed E-state index contributed by atoms with van der Waals surface area (Å²) in [6, 6.07) is 4.36. The Morgan fingerprint density at radius 1 is 1.10 bits per heavy atom. The van der Waals surface area contributed by atoms with Gasteiger partial charge in [-0.25, -0.2) is 0 Å². The first-order chi connectivity index (χ1) is 9.71. The van der Waals surface area contributed by atoms with Crippen molar-refractivity contribution in [3.05, 3.63) is 17.7 Å². The average molecular weight is 277 g/mol. The Bertz CT molecular complexity index is 497. The number of hydrogen-bond acceptors (Lipinski definition) is 4. The van der Waals surface area contributed by atoms with Crippen LogP contribution < -0.4 is 19.5 Å². The molecule has 110 valence electrons. The fraction of sp³-hybridized carbons (Fsp3) is 0.625. The zero-order valence-corrected chi connectivity index (χ0v) is 12.5. The van der Waals surface area contributed by atoms with Gasteiger partial charge in [0.2, 0.25) is 0 Å². The minimum Gasteiger partial charge on any atom is -0.487 e. The van der Waals surface area contributed by atoms with E-state index in [1.807, 2.05) is 13.1 Å². The van der Waals surface area contributed by atoms with Crippen LogP contribution in [0.25, 0.3) is 0 Å². The lowest BCUT2D eigenvalue weighted by atomic mass is 9.83. The van der Waals surface area contributed by atoms with E-state index in [4.69, 9.17) is 14.2 Å². The van der Waals surface area contributed by atoms with E-state index in [0.29, 0.717) is 19.3 Å². The van der Waals surface area contributed by atoms with Crippen molar-refractivity contribution in [3.8, 4) is 17.2 Å². The molecule has 3 rings (SSSR count). The van der Waals surface area contributed by atoms with Gasteiger partial charge < -0.3 is 19.5 Å². The molecule has 2 heterocycles. The number of ether oxygens (including phenoxy) is 3. The zero-order valence-electron chi connectivity index (χ0n) is 12.5. The molecule has 4 nitrogen and oxygen atoms in total. The molecular weight excluding hydrogens is 254 g/mol. The van der Waals surface area contributed by atoms with Gasteiger partial charge >= 0.3 is 0 Å². The third-order valence-electron chi connectivity index (χ3n) is 4.59. The van der Waals surface area contributed by atoms with Crippen molar-refractivity contribution in [3.63, 3.8) is 0 Å². The van der Waals surface area contributed by atoms with Crippen LogP contribution in [0.3, 0.4) is 0 Å². The topological polar surface area (TPSA) is 39.7 Å². The van der Waals surface area contributed by atoms with Gasteiger partial charge in [0.15, 0.2) is 11.5 Å². The minimum atomic E-state index is -0.0789. The van der Waals surface area contributed by atoms with E-state index in [-0.39, 0.29) is 5.60 Å². The van der Waals surface area contributed by atoms with Gasteiger partial charge in [0.1, 0.15) is 24.6 Å². The minimum absolute atomic E-state index is 0.0789. The molecule has 0 saturated carbocycles. The maximum atomic E-state index is 6.34. The van der Waals surface area contributed by atoms with Crippen LogP contribution in [0.2, 0.25) is 0 Å². The Morgan fingerprint density at radius 2 is 1.75 bits per heavy atom. The summed E-state index contributed by atoms with van der Waals surface area (Å²) in [5.41, 5.74) is 1.10. The average Bonchev–Trinajstić information content (AvgIpc) is 2.51. The molecule has 0 fully saturated rings. The van der Waals surface area contributed by atoms with E-state index < -0.39 is 0 Å². The highest BCUT2D eigenvalue weighted by Gasteiger charge is 2.39. The summed E-state index contributed by atoms with van der Waals surface area (Å²) in [6.45, 7) is 5.61. The summed E-state index contributed by atoms with van der Waals surface area (Å²) in [5, 5.41) is 3.41. The van der Waals surface area contributed by atoms with E-state index >= 15 is 0 Å². The highest BCUT2D eigenvalue weighted by Crippen LogP contribution is 2.47. The lowest BCUT2D eigenvalue weighted by Crippen LogP contribution is -2.42. The van der Waals surface area contributed by atoms with Gasteiger partial charge in [-0.2, -0.15) is 0 Å². The maximum Gasteiger partial charge on any atom is 0.165 e. The monoisotopic (exact) mass is 277 g/mol. The maximum absolute atomic E-state index is 6.34. The second-order valence-electron chi connectivity index (χ2n) is 5.57. The lowest BCUT2D eigenvalue weighted by molar-refractivity contribution is 0.0230. The summed E-state index contributed by atoms with van der Waals surface area (Å²) in [7, 11) is 2.01. The van der Waals surface area contributed by atoms with Crippen molar-refractivity contribution < 1.29 is 14.2 Å². The van der Waals surface area contributed by atoms with Crippen molar-refractivity contribution >= 4 is 0 Å². The van der Waals surface area contributed by atoms with Gasteiger partial charge in [-0.15, -0.1) is 0 Å². The van der Waals surface area contributed by atoms with Crippen molar-refractivity contribution in [1.29, 1.82) is 0 Å². The molecule has 0 aliphatic carbocycles. The van der Waals surface area contributed by atoms with Crippen LogP contribution >= 0.6 is 0 Å². The fourth-order valence-electron chi connectivity index (χ4n) is 3.14. The second-order valence-corrected chi connectivity index (χ2v) is 5.57. The number of fused-ring (bicyclic) bond motifs is 2. The van der Waals surface area contributed by atoms with E-state index in [1.165, 1.54) is 5.56 Å². The first kappa shape index (κ1) is 13.6. The highest BCUT2D eigenvalue weighted by molar-refractivity contribution is 5.53. The largest absolute Gasteiger partial charge is 0.487 e. The molecule has 1 aromatic rings. The van der Waals surface area contributed by atoms with Crippen LogP contribution in [0.1, 0.15) is 44.7 Å². The summed E-state index contributed by atoms with van der Waals surface area (Å²) >= 11 is 0. The third kappa shape index (κ3) is 2.12. The highest BCUT2D eigenvalue weighted by atomic mass is 16.6. The van der Waals surface area contributed by atoms with E-state index in [0.717, 1.165) is 36.5 Å². The fourth-order valence-corrected chi connectivity index (χ4v) is 3.14. The molecule has 0 amide bonds. The first-order valence-electron chi connectivity index (χ1n) is 7.51. The van der Waals surface area contributed by atoms with E-state index in [2.05, 4.69) is 25.2 Å². The Kier molecular flexibility index (Phi) is 3.50. The van der Waals surface area contributed by atoms with Crippen molar-refractivity contribution in [2.75, 3.05) is 20.3 Å². The predicted octanol–water partition coefficient (Wildman–Crippen LogP) is 3.06. The summed E-state index contributed by atoms with van der Waals surface area (Å²) in [5.74, 6) is 2.57. The second kappa shape index (κ2) is 5.17. The molecular formula is C16H23NO3. The molecule has 0 spiro atoms.